The predicted molar refractivity (Wildman–Crippen MR) is 123 cm³/mol. The zero-order valence-electron chi connectivity index (χ0n) is 16.8. The lowest BCUT2D eigenvalue weighted by Gasteiger charge is -2.22. The van der Waals surface area contributed by atoms with Crippen LogP contribution in [0.5, 0.6) is 5.75 Å². The Hall–Kier alpha value is -3.60. The molecule has 152 valence electrons. The second-order valence-electron chi connectivity index (χ2n) is 7.46. The molecule has 2 aromatic carbocycles. The fraction of sp³-hybridized carbons (Fsp3) is 0.200. The fourth-order valence-corrected chi connectivity index (χ4v) is 3.58. The summed E-state index contributed by atoms with van der Waals surface area (Å²) in [4.78, 5) is 4.77. The number of allylic oxidation sites excluding steroid dienone is 2. The number of hydrogen-bond acceptors (Lipinski definition) is 4. The molecule has 5 nitrogen and oxygen atoms in total. The third-order valence-electron chi connectivity index (χ3n) is 5.37. The number of benzene rings is 2. The number of aliphatic imine (C=N–C) groups is 1. The number of aryl methyl sites for hydroxylation is 2. The summed E-state index contributed by atoms with van der Waals surface area (Å²) in [5.74, 6) is 6.80. The van der Waals surface area contributed by atoms with Gasteiger partial charge in [0.05, 0.1) is 11.8 Å². The first-order chi connectivity index (χ1) is 14.7. The van der Waals surface area contributed by atoms with Crippen molar-refractivity contribution >= 4 is 11.5 Å². The highest BCUT2D eigenvalue weighted by atomic mass is 16.5. The second-order valence-corrected chi connectivity index (χ2v) is 7.46. The van der Waals surface area contributed by atoms with Crippen LogP contribution in [0.2, 0.25) is 0 Å². The van der Waals surface area contributed by atoms with E-state index >= 15 is 0 Å². The maximum Gasteiger partial charge on any atom is 0.150 e. The summed E-state index contributed by atoms with van der Waals surface area (Å²) in [7, 11) is 0. The second kappa shape index (κ2) is 9.27. The zero-order chi connectivity index (χ0) is 20.8. The van der Waals surface area contributed by atoms with Crippen LogP contribution in [0.4, 0.5) is 0 Å². The summed E-state index contributed by atoms with van der Waals surface area (Å²) in [5.41, 5.74) is 10.1. The van der Waals surface area contributed by atoms with Crippen molar-refractivity contribution < 1.29 is 4.74 Å². The summed E-state index contributed by atoms with van der Waals surface area (Å²) in [6, 6.07) is 16.5. The minimum absolute atomic E-state index is 0.203. The van der Waals surface area contributed by atoms with E-state index in [-0.39, 0.29) is 6.04 Å². The lowest BCUT2D eigenvalue weighted by atomic mass is 9.92. The van der Waals surface area contributed by atoms with E-state index in [0.29, 0.717) is 18.4 Å². The first-order valence-corrected chi connectivity index (χ1v) is 10.2. The zero-order valence-corrected chi connectivity index (χ0v) is 16.8. The molecule has 1 aliphatic heterocycles. The van der Waals surface area contributed by atoms with Crippen LogP contribution in [0, 0.1) is 5.92 Å². The number of nitrogens with two attached hydrogens (primary N) is 2. The molecule has 30 heavy (non-hydrogen) atoms. The number of amidine groups is 1. The van der Waals surface area contributed by atoms with Gasteiger partial charge in [-0.1, -0.05) is 66.8 Å². The van der Waals surface area contributed by atoms with Crippen molar-refractivity contribution in [3.05, 3.63) is 102 Å². The van der Waals surface area contributed by atoms with E-state index in [1.165, 1.54) is 11.1 Å². The van der Waals surface area contributed by atoms with Crippen LogP contribution < -0.4 is 16.3 Å². The van der Waals surface area contributed by atoms with Gasteiger partial charge in [0.15, 0.2) is 0 Å². The van der Waals surface area contributed by atoms with E-state index in [4.69, 9.17) is 21.3 Å². The molecule has 1 heterocycles. The van der Waals surface area contributed by atoms with Crippen LogP contribution >= 0.6 is 0 Å². The Morgan fingerprint density at radius 3 is 2.27 bits per heavy atom. The maximum absolute atomic E-state index is 5.93. The monoisotopic (exact) mass is 398 g/mol. The van der Waals surface area contributed by atoms with E-state index in [2.05, 4.69) is 65.8 Å². The first kappa shape index (κ1) is 19.7. The summed E-state index contributed by atoms with van der Waals surface area (Å²) in [6.07, 6.45) is 14.6. The van der Waals surface area contributed by atoms with Gasteiger partial charge in [0.2, 0.25) is 0 Å². The number of fused-ring (bicyclic) bond motifs is 1. The van der Waals surface area contributed by atoms with Crippen LogP contribution in [0.1, 0.15) is 16.7 Å². The maximum atomic E-state index is 5.93. The molecule has 0 aromatic heterocycles. The van der Waals surface area contributed by atoms with Crippen LogP contribution in [0.15, 0.2) is 95.1 Å². The SMILES string of the molecule is N/N=C(\N)c1ccc(CCc2ccc(OCC3=NC4C=CC=CC4C=C3)cc2)cc1. The highest BCUT2D eigenvalue weighted by Gasteiger charge is 2.19. The predicted octanol–water partition coefficient (Wildman–Crippen LogP) is 3.55. The number of dihydropyridines is 1. The van der Waals surface area contributed by atoms with Gasteiger partial charge in [-0.25, -0.2) is 0 Å². The Morgan fingerprint density at radius 1 is 0.900 bits per heavy atom. The van der Waals surface area contributed by atoms with E-state index < -0.39 is 0 Å². The van der Waals surface area contributed by atoms with Crippen molar-refractivity contribution in [1.29, 1.82) is 0 Å². The highest BCUT2D eigenvalue weighted by molar-refractivity contribution is 5.97. The van der Waals surface area contributed by atoms with Gasteiger partial charge in [-0.3, -0.25) is 4.99 Å². The molecular formula is C25H26N4O. The molecule has 2 unspecified atom stereocenters. The smallest absolute Gasteiger partial charge is 0.150 e. The molecule has 4 rings (SSSR count). The molecule has 0 fully saturated rings. The standard InChI is InChI=1S/C25H26N4O/c26-25(29-27)21-11-7-18(8-12-21)5-6-19-9-15-23(16-10-19)30-17-22-14-13-20-3-1-2-4-24(20)28-22/h1-4,7-16,20,24H,5-6,17,27H2,(H2,26,29). The molecule has 0 saturated carbocycles. The van der Waals surface area contributed by atoms with Gasteiger partial charge < -0.3 is 16.3 Å². The van der Waals surface area contributed by atoms with Crippen molar-refractivity contribution in [2.24, 2.45) is 27.6 Å². The van der Waals surface area contributed by atoms with Gasteiger partial charge in [0.1, 0.15) is 18.2 Å². The van der Waals surface area contributed by atoms with E-state index in [9.17, 15) is 0 Å². The molecule has 0 amide bonds. The third kappa shape index (κ3) is 4.87. The van der Waals surface area contributed by atoms with Crippen LogP contribution in [-0.2, 0) is 12.8 Å². The quantitative estimate of drug-likeness (QED) is 0.324. The molecule has 5 heteroatoms. The number of hydrogen-bond donors (Lipinski definition) is 2. The van der Waals surface area contributed by atoms with Crippen molar-refractivity contribution in [2.45, 2.75) is 18.9 Å². The van der Waals surface area contributed by atoms with Gasteiger partial charge in [-0.2, -0.15) is 5.10 Å². The highest BCUT2D eigenvalue weighted by Crippen LogP contribution is 2.22. The van der Waals surface area contributed by atoms with Crippen LogP contribution in [0.3, 0.4) is 0 Å². The minimum atomic E-state index is 0.203. The Kier molecular flexibility index (Phi) is 6.09. The van der Waals surface area contributed by atoms with Crippen molar-refractivity contribution in [3.8, 4) is 5.75 Å². The van der Waals surface area contributed by atoms with Crippen molar-refractivity contribution in [1.82, 2.24) is 0 Å². The molecule has 0 radical (unpaired) electrons. The van der Waals surface area contributed by atoms with Gasteiger partial charge in [0, 0.05) is 11.5 Å². The molecule has 1 aliphatic carbocycles. The van der Waals surface area contributed by atoms with Gasteiger partial charge in [0.25, 0.3) is 0 Å². The molecule has 2 aliphatic rings. The molecule has 0 saturated heterocycles. The third-order valence-corrected chi connectivity index (χ3v) is 5.37. The van der Waals surface area contributed by atoms with Crippen LogP contribution in [-0.4, -0.2) is 24.2 Å². The topological polar surface area (TPSA) is 86.0 Å². The Bertz CT molecular complexity index is 1010. The first-order valence-electron chi connectivity index (χ1n) is 10.2. The van der Waals surface area contributed by atoms with Gasteiger partial charge >= 0.3 is 0 Å². The normalized spacial score (nSPS) is 20.0. The number of nitrogens with zero attached hydrogens (tertiary/aromatic N) is 2. The van der Waals surface area contributed by atoms with Crippen LogP contribution in [0.25, 0.3) is 0 Å². The summed E-state index contributed by atoms with van der Waals surface area (Å²) >= 11 is 0. The molecular weight excluding hydrogens is 372 g/mol. The number of ether oxygens (including phenoxy) is 1. The number of hydrazone groups is 1. The van der Waals surface area contributed by atoms with Gasteiger partial charge in [-0.05, 0) is 42.2 Å². The largest absolute Gasteiger partial charge is 0.487 e. The van der Waals surface area contributed by atoms with Gasteiger partial charge in [-0.15, -0.1) is 0 Å². The molecule has 0 bridgehead atoms. The number of rotatable bonds is 7. The molecule has 2 atom stereocenters. The van der Waals surface area contributed by atoms with E-state index in [0.717, 1.165) is 29.9 Å². The van der Waals surface area contributed by atoms with E-state index in [1.54, 1.807) is 0 Å². The molecule has 0 spiro atoms. The van der Waals surface area contributed by atoms with E-state index in [1.807, 2.05) is 24.3 Å². The Morgan fingerprint density at radius 2 is 1.57 bits per heavy atom. The summed E-state index contributed by atoms with van der Waals surface area (Å²) < 4.78 is 5.93. The fourth-order valence-electron chi connectivity index (χ4n) is 3.58. The van der Waals surface area contributed by atoms with Crippen molar-refractivity contribution in [2.75, 3.05) is 6.61 Å². The summed E-state index contributed by atoms with van der Waals surface area (Å²) in [5, 5.41) is 3.52. The lowest BCUT2D eigenvalue weighted by molar-refractivity contribution is 0.375. The molecule has 2 aromatic rings. The molecule has 4 N–H and O–H groups in total. The average Bonchev–Trinajstić information content (AvgIpc) is 2.81. The Labute approximate surface area is 177 Å². The lowest BCUT2D eigenvalue weighted by Crippen LogP contribution is -2.23. The van der Waals surface area contributed by atoms with Crippen molar-refractivity contribution in [3.63, 3.8) is 0 Å². The summed E-state index contributed by atoms with van der Waals surface area (Å²) in [6.45, 7) is 0.484. The average molecular weight is 399 g/mol. The minimum Gasteiger partial charge on any atom is -0.487 e. The Balaban J connectivity index is 1.27.